The second kappa shape index (κ2) is 11.0. The van der Waals surface area contributed by atoms with Crippen molar-refractivity contribution in [1.29, 1.82) is 5.26 Å². The van der Waals surface area contributed by atoms with Crippen LogP contribution in [0.5, 0.6) is 5.75 Å². The Morgan fingerprint density at radius 3 is 2.69 bits per heavy atom. The lowest BCUT2D eigenvalue weighted by Gasteiger charge is -2.27. The second-order valence-electron chi connectivity index (χ2n) is 8.44. The van der Waals surface area contributed by atoms with E-state index in [4.69, 9.17) is 9.72 Å². The minimum absolute atomic E-state index is 0.0372. The molecule has 1 fully saturated rings. The highest BCUT2D eigenvalue weighted by molar-refractivity contribution is 5.97. The number of fused-ring (bicyclic) bond motifs is 1. The lowest BCUT2D eigenvalue weighted by Crippen LogP contribution is -2.32. The largest absolute Gasteiger partial charge is 0.493 e. The summed E-state index contributed by atoms with van der Waals surface area (Å²) in [5.41, 5.74) is 1.68. The van der Waals surface area contributed by atoms with Crippen molar-refractivity contribution in [3.8, 4) is 23.7 Å². The van der Waals surface area contributed by atoms with Crippen LogP contribution in [0.25, 0.3) is 11.0 Å². The Balaban J connectivity index is 1.81. The van der Waals surface area contributed by atoms with Gasteiger partial charge in [0.1, 0.15) is 16.8 Å². The van der Waals surface area contributed by atoms with Crippen LogP contribution in [0.1, 0.15) is 54.6 Å². The maximum atomic E-state index is 13.6. The third-order valence-corrected chi connectivity index (χ3v) is 6.20. The second-order valence-corrected chi connectivity index (χ2v) is 8.44. The van der Waals surface area contributed by atoms with Gasteiger partial charge < -0.3 is 15.0 Å². The lowest BCUT2D eigenvalue weighted by atomic mass is 10.0. The number of nitrogens with zero attached hydrogens (tertiary/aromatic N) is 6. The van der Waals surface area contributed by atoms with Crippen LogP contribution < -0.4 is 20.5 Å². The zero-order chi connectivity index (χ0) is 25.7. The first-order chi connectivity index (χ1) is 17.5. The number of anilines is 1. The molecule has 36 heavy (non-hydrogen) atoms. The molecule has 1 aliphatic rings. The summed E-state index contributed by atoms with van der Waals surface area (Å²) in [7, 11) is 1.51. The van der Waals surface area contributed by atoms with Crippen LogP contribution in [0.15, 0.2) is 23.1 Å². The molecule has 1 aliphatic heterocycles. The molecule has 0 spiro atoms. The maximum absolute atomic E-state index is 13.6. The number of imidazole rings is 1. The number of benzene rings is 1. The van der Waals surface area contributed by atoms with Crippen molar-refractivity contribution in [2.24, 2.45) is 0 Å². The van der Waals surface area contributed by atoms with Crippen molar-refractivity contribution < 1.29 is 9.53 Å². The molecule has 1 aromatic carbocycles. The number of ether oxygens (including phenoxy) is 1. The SMILES string of the molecule is CC#CCn1c(N2CCCCC2)nc2cnn(Cc3cc(OCC)c(C(=O)NC)cc3C#N)c(=O)c21. The fourth-order valence-corrected chi connectivity index (χ4v) is 4.43. The molecule has 186 valence electrons. The van der Waals surface area contributed by atoms with E-state index >= 15 is 0 Å². The average molecular weight is 488 g/mol. The summed E-state index contributed by atoms with van der Waals surface area (Å²) in [4.78, 5) is 32.9. The van der Waals surface area contributed by atoms with Crippen molar-refractivity contribution in [2.45, 2.75) is 46.2 Å². The first-order valence-corrected chi connectivity index (χ1v) is 12.0. The molecule has 1 saturated heterocycles. The van der Waals surface area contributed by atoms with E-state index < -0.39 is 0 Å². The first-order valence-electron chi connectivity index (χ1n) is 12.0. The van der Waals surface area contributed by atoms with Gasteiger partial charge in [-0.2, -0.15) is 10.4 Å². The fraction of sp³-hybridized carbons (Fsp3) is 0.423. The third-order valence-electron chi connectivity index (χ3n) is 6.20. The van der Waals surface area contributed by atoms with Crippen LogP contribution >= 0.6 is 0 Å². The summed E-state index contributed by atoms with van der Waals surface area (Å²) in [5, 5.41) is 16.7. The van der Waals surface area contributed by atoms with Gasteiger partial charge in [0.15, 0.2) is 0 Å². The summed E-state index contributed by atoms with van der Waals surface area (Å²) in [5.74, 6) is 6.68. The Kier molecular flexibility index (Phi) is 7.55. The number of nitriles is 1. The quantitative estimate of drug-likeness (QED) is 0.508. The van der Waals surface area contributed by atoms with Crippen molar-refractivity contribution in [2.75, 3.05) is 31.6 Å². The van der Waals surface area contributed by atoms with Crippen molar-refractivity contribution in [3.63, 3.8) is 0 Å². The Morgan fingerprint density at radius 1 is 1.25 bits per heavy atom. The van der Waals surface area contributed by atoms with E-state index in [1.54, 1.807) is 19.2 Å². The minimum atomic E-state index is -0.357. The minimum Gasteiger partial charge on any atom is -0.493 e. The molecule has 0 saturated carbocycles. The van der Waals surface area contributed by atoms with Crippen LogP contribution in [0.4, 0.5) is 5.95 Å². The number of carbonyl (C=O) groups excluding carboxylic acids is 1. The zero-order valence-electron chi connectivity index (χ0n) is 20.8. The van der Waals surface area contributed by atoms with Crippen LogP contribution in [-0.2, 0) is 13.1 Å². The number of hydrogen-bond donors (Lipinski definition) is 1. The topological polar surface area (TPSA) is 118 Å². The Labute approximate surface area is 209 Å². The summed E-state index contributed by atoms with van der Waals surface area (Å²) in [6, 6.07) is 5.24. The number of carbonyl (C=O) groups is 1. The third kappa shape index (κ3) is 4.76. The van der Waals surface area contributed by atoms with Crippen molar-refractivity contribution in [1.82, 2.24) is 24.6 Å². The van der Waals surface area contributed by atoms with E-state index in [1.165, 1.54) is 24.2 Å². The van der Waals surface area contributed by atoms with Crippen LogP contribution in [0.3, 0.4) is 0 Å². The molecule has 0 unspecified atom stereocenters. The molecule has 10 heteroatoms. The number of amides is 1. The van der Waals surface area contributed by atoms with Gasteiger partial charge in [0.05, 0.1) is 43.1 Å². The van der Waals surface area contributed by atoms with Gasteiger partial charge in [-0.1, -0.05) is 5.92 Å². The molecule has 1 amide bonds. The Morgan fingerprint density at radius 2 is 2.03 bits per heavy atom. The normalized spacial score (nSPS) is 13.1. The highest BCUT2D eigenvalue weighted by atomic mass is 16.5. The number of aromatic nitrogens is 4. The predicted octanol–water partition coefficient (Wildman–Crippen LogP) is 2.28. The molecule has 0 bridgehead atoms. The van der Waals surface area contributed by atoms with Gasteiger partial charge in [0.25, 0.3) is 11.5 Å². The molecule has 10 nitrogen and oxygen atoms in total. The van der Waals surface area contributed by atoms with Crippen molar-refractivity contribution in [3.05, 3.63) is 45.4 Å². The predicted molar refractivity (Wildman–Crippen MR) is 136 cm³/mol. The standard InChI is InChI=1S/C26H29N7O3/c1-4-6-12-32-23-21(30-26(32)31-10-8-7-9-11-31)16-29-33(25(23)35)17-19-14-22(36-5-2)20(24(34)28-3)13-18(19)15-27/h13-14,16H,5,7-12,17H2,1-3H3,(H,28,34). The summed E-state index contributed by atoms with van der Waals surface area (Å²) >= 11 is 0. The van der Waals surface area contributed by atoms with Gasteiger partial charge in [-0.3, -0.25) is 14.2 Å². The highest BCUT2D eigenvalue weighted by Gasteiger charge is 2.23. The molecule has 3 heterocycles. The van der Waals surface area contributed by atoms with E-state index in [2.05, 4.69) is 33.2 Å². The van der Waals surface area contributed by atoms with Crippen LogP contribution in [0, 0.1) is 23.2 Å². The average Bonchev–Trinajstić information content (AvgIpc) is 3.28. The molecule has 0 aliphatic carbocycles. The van der Waals surface area contributed by atoms with Gasteiger partial charge in [0.2, 0.25) is 5.95 Å². The highest BCUT2D eigenvalue weighted by Crippen LogP contribution is 2.26. The maximum Gasteiger partial charge on any atom is 0.293 e. The van der Waals surface area contributed by atoms with E-state index in [0.29, 0.717) is 35.5 Å². The van der Waals surface area contributed by atoms with Gasteiger partial charge in [0, 0.05) is 20.1 Å². The van der Waals surface area contributed by atoms with Gasteiger partial charge in [-0.05, 0) is 50.8 Å². The van der Waals surface area contributed by atoms with Crippen LogP contribution in [0.2, 0.25) is 0 Å². The van der Waals surface area contributed by atoms with E-state index in [0.717, 1.165) is 31.9 Å². The van der Waals surface area contributed by atoms with Gasteiger partial charge in [-0.15, -0.1) is 5.92 Å². The van der Waals surface area contributed by atoms with E-state index in [1.807, 2.05) is 11.5 Å². The van der Waals surface area contributed by atoms with E-state index in [-0.39, 0.29) is 29.1 Å². The molecule has 2 aromatic heterocycles. The number of hydrogen-bond acceptors (Lipinski definition) is 7. The molecule has 0 atom stereocenters. The summed E-state index contributed by atoms with van der Waals surface area (Å²) < 4.78 is 8.83. The van der Waals surface area contributed by atoms with Crippen LogP contribution in [-0.4, -0.2) is 52.0 Å². The zero-order valence-corrected chi connectivity index (χ0v) is 20.8. The smallest absolute Gasteiger partial charge is 0.293 e. The summed E-state index contributed by atoms with van der Waals surface area (Å²) in [6.07, 6.45) is 4.92. The molecule has 3 aromatic rings. The molecule has 0 radical (unpaired) electrons. The monoisotopic (exact) mass is 487 g/mol. The molecular formula is C26H29N7O3. The number of nitrogens with one attached hydrogen (secondary N) is 1. The Bertz CT molecular complexity index is 1450. The molecule has 1 N–H and O–H groups in total. The van der Waals surface area contributed by atoms with Gasteiger partial charge >= 0.3 is 0 Å². The van der Waals surface area contributed by atoms with Crippen molar-refractivity contribution >= 4 is 22.9 Å². The number of rotatable bonds is 7. The number of piperidine rings is 1. The Hall–Kier alpha value is -4.31. The first kappa shape index (κ1) is 24.8. The summed E-state index contributed by atoms with van der Waals surface area (Å²) in [6.45, 7) is 6.07. The van der Waals surface area contributed by atoms with E-state index in [9.17, 15) is 14.9 Å². The lowest BCUT2D eigenvalue weighted by molar-refractivity contribution is 0.0959. The molecular weight excluding hydrogens is 458 g/mol. The fourth-order valence-electron chi connectivity index (χ4n) is 4.43. The van der Waals surface area contributed by atoms with Gasteiger partial charge in [-0.25, -0.2) is 9.67 Å². The molecule has 4 rings (SSSR count).